The van der Waals surface area contributed by atoms with Gasteiger partial charge in [0.05, 0.1) is 0 Å². The standard InChI is InChI=1S/C23H24IO3S/c1-17-5-15-22(16-6-17)28(25,26)27-21-13-11-20(12-14-21)24-19-9-7-18(8-10-19)23(2,3)4/h5-16H,1-4H3/q+1. The Labute approximate surface area is 178 Å². The van der Waals surface area contributed by atoms with Crippen molar-refractivity contribution >= 4 is 10.1 Å². The molecule has 0 spiro atoms. The van der Waals surface area contributed by atoms with Crippen LogP contribution in [0.5, 0.6) is 5.75 Å². The van der Waals surface area contributed by atoms with Crippen LogP contribution in [0.1, 0.15) is 31.9 Å². The molecular weight excluding hydrogens is 483 g/mol. The topological polar surface area (TPSA) is 43.4 Å². The maximum absolute atomic E-state index is 12.4. The van der Waals surface area contributed by atoms with Crippen LogP contribution < -0.4 is 25.4 Å². The van der Waals surface area contributed by atoms with Gasteiger partial charge in [-0.2, -0.15) is 8.42 Å². The predicted molar refractivity (Wildman–Crippen MR) is 108 cm³/mol. The average Bonchev–Trinajstić information content (AvgIpc) is 2.63. The Morgan fingerprint density at radius 2 is 1.25 bits per heavy atom. The summed E-state index contributed by atoms with van der Waals surface area (Å²) in [4.78, 5) is 0.161. The van der Waals surface area contributed by atoms with E-state index < -0.39 is 10.1 Å². The van der Waals surface area contributed by atoms with E-state index >= 15 is 0 Å². The Bertz CT molecular complexity index is 1030. The molecule has 0 radical (unpaired) electrons. The number of aryl methyl sites for hydroxylation is 1. The van der Waals surface area contributed by atoms with Gasteiger partial charge in [0.2, 0.25) is 0 Å². The molecule has 0 saturated carbocycles. The van der Waals surface area contributed by atoms with E-state index in [0.29, 0.717) is 5.75 Å². The molecule has 5 heteroatoms. The highest BCUT2D eigenvalue weighted by Gasteiger charge is 2.20. The van der Waals surface area contributed by atoms with Gasteiger partial charge in [-0.25, -0.2) is 0 Å². The highest BCUT2D eigenvalue weighted by atomic mass is 127. The van der Waals surface area contributed by atoms with Gasteiger partial charge in [0.25, 0.3) is 0 Å². The average molecular weight is 507 g/mol. The fraction of sp³-hybridized carbons (Fsp3) is 0.217. The second kappa shape index (κ2) is 8.25. The molecule has 0 heterocycles. The first kappa shape index (κ1) is 20.9. The molecule has 0 N–H and O–H groups in total. The molecule has 146 valence electrons. The van der Waals surface area contributed by atoms with Gasteiger partial charge in [-0.05, 0) is 66.4 Å². The van der Waals surface area contributed by atoms with Crippen molar-refractivity contribution in [1.82, 2.24) is 0 Å². The molecule has 0 aliphatic heterocycles. The summed E-state index contributed by atoms with van der Waals surface area (Å²) < 4.78 is 32.6. The first-order chi connectivity index (χ1) is 13.1. The van der Waals surface area contributed by atoms with E-state index in [1.54, 1.807) is 36.4 Å². The van der Waals surface area contributed by atoms with E-state index in [1.807, 2.05) is 19.1 Å². The zero-order valence-corrected chi connectivity index (χ0v) is 19.4. The van der Waals surface area contributed by atoms with Crippen LogP contribution in [0.4, 0.5) is 0 Å². The number of rotatable bonds is 5. The Morgan fingerprint density at radius 3 is 1.75 bits per heavy atom. The van der Waals surface area contributed by atoms with Crippen molar-refractivity contribution in [3.05, 3.63) is 91.1 Å². The Balaban J connectivity index is 1.69. The maximum atomic E-state index is 12.4. The summed E-state index contributed by atoms with van der Waals surface area (Å²) in [5.74, 6) is 0.330. The second-order valence-electron chi connectivity index (χ2n) is 7.66. The summed E-state index contributed by atoms with van der Waals surface area (Å²) in [6.45, 7) is 8.54. The van der Waals surface area contributed by atoms with Gasteiger partial charge in [0, 0.05) is 0 Å². The molecule has 0 aliphatic rings. The number of halogens is 1. The Kier molecular flexibility index (Phi) is 6.15. The van der Waals surface area contributed by atoms with Crippen LogP contribution in [0.25, 0.3) is 0 Å². The molecule has 3 rings (SSSR count). The van der Waals surface area contributed by atoms with E-state index in [1.165, 1.54) is 12.7 Å². The zero-order chi connectivity index (χ0) is 20.4. The minimum atomic E-state index is -3.81. The molecule has 0 saturated heterocycles. The molecule has 3 aromatic rings. The summed E-state index contributed by atoms with van der Waals surface area (Å²) in [6, 6.07) is 22.8. The minimum absolute atomic E-state index is 0.152. The first-order valence-corrected chi connectivity index (χ1v) is 12.6. The third-order valence-corrected chi connectivity index (χ3v) is 8.20. The summed E-state index contributed by atoms with van der Waals surface area (Å²) in [7, 11) is -3.81. The van der Waals surface area contributed by atoms with E-state index in [9.17, 15) is 8.42 Å². The molecule has 0 amide bonds. The van der Waals surface area contributed by atoms with Gasteiger partial charge in [-0.3, -0.25) is 0 Å². The quantitative estimate of drug-likeness (QED) is 0.393. The van der Waals surface area contributed by atoms with Crippen molar-refractivity contribution in [2.45, 2.75) is 38.0 Å². The molecule has 0 unspecified atom stereocenters. The lowest BCUT2D eigenvalue weighted by atomic mass is 9.87. The van der Waals surface area contributed by atoms with Gasteiger partial charge in [-0.15, -0.1) is 0 Å². The van der Waals surface area contributed by atoms with E-state index in [2.05, 4.69) is 45.0 Å². The third-order valence-electron chi connectivity index (χ3n) is 4.26. The SMILES string of the molecule is Cc1ccc(S(=O)(=O)Oc2ccc([I+]c3ccc(C(C)(C)C)cc3)cc2)cc1. The molecule has 3 aromatic carbocycles. The van der Waals surface area contributed by atoms with Crippen LogP contribution in [-0.4, -0.2) is 8.42 Å². The third kappa shape index (κ3) is 5.35. The minimum Gasteiger partial charge on any atom is -0.379 e. The lowest BCUT2D eigenvalue weighted by Gasteiger charge is -2.18. The predicted octanol–water partition coefficient (Wildman–Crippen LogP) is 2.19. The van der Waals surface area contributed by atoms with E-state index in [-0.39, 0.29) is 31.5 Å². The number of hydrogen-bond donors (Lipinski definition) is 0. The Morgan fingerprint density at radius 1 is 0.750 bits per heavy atom. The number of benzene rings is 3. The molecule has 0 atom stereocenters. The number of hydrogen-bond acceptors (Lipinski definition) is 3. The molecule has 3 nitrogen and oxygen atoms in total. The monoisotopic (exact) mass is 507 g/mol. The maximum Gasteiger partial charge on any atom is 0.357 e. The van der Waals surface area contributed by atoms with E-state index in [0.717, 1.165) is 5.56 Å². The van der Waals surface area contributed by atoms with Gasteiger partial charge in [-0.1, -0.05) is 50.6 Å². The molecular formula is C23H24IO3S+. The van der Waals surface area contributed by atoms with Gasteiger partial charge < -0.3 is 4.18 Å². The van der Waals surface area contributed by atoms with Crippen molar-refractivity contribution < 1.29 is 33.8 Å². The first-order valence-electron chi connectivity index (χ1n) is 9.00. The highest BCUT2D eigenvalue weighted by molar-refractivity contribution is 7.87. The summed E-state index contributed by atoms with van der Waals surface area (Å²) >= 11 is -0.321. The summed E-state index contributed by atoms with van der Waals surface area (Å²) in [6.07, 6.45) is 0. The van der Waals surface area contributed by atoms with Crippen LogP contribution in [0.15, 0.2) is 77.7 Å². The van der Waals surface area contributed by atoms with Crippen molar-refractivity contribution in [2.24, 2.45) is 0 Å². The molecule has 0 fully saturated rings. The molecule has 28 heavy (non-hydrogen) atoms. The van der Waals surface area contributed by atoms with Gasteiger partial charge >= 0.3 is 31.3 Å². The molecule has 0 aromatic heterocycles. The van der Waals surface area contributed by atoms with Crippen molar-refractivity contribution in [3.8, 4) is 5.75 Å². The fourth-order valence-electron chi connectivity index (χ4n) is 2.57. The smallest absolute Gasteiger partial charge is 0.357 e. The Hall–Kier alpha value is -1.86. The van der Waals surface area contributed by atoms with Crippen LogP contribution in [-0.2, 0) is 15.5 Å². The zero-order valence-electron chi connectivity index (χ0n) is 16.4. The van der Waals surface area contributed by atoms with Crippen molar-refractivity contribution in [3.63, 3.8) is 0 Å². The van der Waals surface area contributed by atoms with Crippen LogP contribution in [0.3, 0.4) is 0 Å². The lowest BCUT2D eigenvalue weighted by molar-refractivity contribution is -0.597. The fourth-order valence-corrected chi connectivity index (χ4v) is 5.66. The highest BCUT2D eigenvalue weighted by Crippen LogP contribution is 2.21. The summed E-state index contributed by atoms with van der Waals surface area (Å²) in [5.41, 5.74) is 2.48. The molecule has 0 aliphatic carbocycles. The second-order valence-corrected chi connectivity index (χ2v) is 12.2. The van der Waals surface area contributed by atoms with Crippen LogP contribution >= 0.6 is 0 Å². The van der Waals surface area contributed by atoms with Crippen molar-refractivity contribution in [1.29, 1.82) is 0 Å². The van der Waals surface area contributed by atoms with E-state index in [4.69, 9.17) is 4.18 Å². The normalized spacial score (nSPS) is 12.0. The van der Waals surface area contributed by atoms with Crippen molar-refractivity contribution in [2.75, 3.05) is 0 Å². The lowest BCUT2D eigenvalue weighted by Crippen LogP contribution is -3.61. The van der Waals surface area contributed by atoms with Crippen LogP contribution in [0, 0.1) is 14.1 Å². The summed E-state index contributed by atoms with van der Waals surface area (Å²) in [5, 5.41) is 0. The largest absolute Gasteiger partial charge is 0.379 e. The van der Waals surface area contributed by atoms with Gasteiger partial charge in [0.1, 0.15) is 10.6 Å². The molecule has 0 bridgehead atoms. The van der Waals surface area contributed by atoms with Gasteiger partial charge in [0.15, 0.2) is 7.14 Å². The van der Waals surface area contributed by atoms with Crippen LogP contribution in [0.2, 0.25) is 0 Å².